The smallest absolute Gasteiger partial charge is 0.316 e. The summed E-state index contributed by atoms with van der Waals surface area (Å²) in [5, 5.41) is 2.69. The van der Waals surface area contributed by atoms with Crippen molar-refractivity contribution in [2.24, 2.45) is 0 Å². The van der Waals surface area contributed by atoms with Crippen molar-refractivity contribution in [2.45, 2.75) is 31.6 Å². The second kappa shape index (κ2) is 9.60. The Hall–Kier alpha value is -2.80. The molecule has 0 atom stereocenters. The molecule has 0 bridgehead atoms. The average Bonchev–Trinajstić information content (AvgIpc) is 3.13. The van der Waals surface area contributed by atoms with Crippen LogP contribution in [0.4, 0.5) is 11.4 Å². The van der Waals surface area contributed by atoms with Crippen molar-refractivity contribution in [3.8, 4) is 0 Å². The summed E-state index contributed by atoms with van der Waals surface area (Å²) < 4.78 is 5.06. The first kappa shape index (κ1) is 20.9. The van der Waals surface area contributed by atoms with Crippen molar-refractivity contribution in [3.63, 3.8) is 0 Å². The van der Waals surface area contributed by atoms with E-state index >= 15 is 0 Å². The van der Waals surface area contributed by atoms with Gasteiger partial charge in [-0.1, -0.05) is 17.7 Å². The zero-order valence-corrected chi connectivity index (χ0v) is 17.4. The quantitative estimate of drug-likeness (QED) is 0.554. The standard InChI is InChI=1S/C22H24N2O4S/c1-15-5-6-16(2)19(12-15)29-14-22(27)28-13-20(25)23-17-7-9-18(10-8-17)24-11-3-4-21(24)26/h5-10,12H,3-4,11,13-14H2,1-2H3,(H,23,25). The molecule has 0 unspecified atom stereocenters. The molecule has 0 aromatic heterocycles. The highest BCUT2D eigenvalue weighted by Gasteiger charge is 2.21. The van der Waals surface area contributed by atoms with E-state index in [-0.39, 0.29) is 18.3 Å². The monoisotopic (exact) mass is 412 g/mol. The first-order valence-corrected chi connectivity index (χ1v) is 10.5. The molecule has 1 N–H and O–H groups in total. The molecule has 1 aliphatic heterocycles. The van der Waals surface area contributed by atoms with E-state index in [1.54, 1.807) is 29.2 Å². The zero-order valence-electron chi connectivity index (χ0n) is 16.6. The minimum absolute atomic E-state index is 0.118. The summed E-state index contributed by atoms with van der Waals surface area (Å²) in [5.74, 6) is -0.572. The predicted octanol–water partition coefficient (Wildman–Crippen LogP) is 3.70. The lowest BCUT2D eigenvalue weighted by atomic mass is 10.2. The second-order valence-electron chi connectivity index (χ2n) is 6.96. The van der Waals surface area contributed by atoms with Crippen molar-refractivity contribution in [2.75, 3.05) is 29.1 Å². The first-order valence-electron chi connectivity index (χ1n) is 9.48. The van der Waals surface area contributed by atoms with E-state index in [1.165, 1.54) is 11.8 Å². The summed E-state index contributed by atoms with van der Waals surface area (Å²) in [5.41, 5.74) is 3.64. The number of ether oxygens (including phenoxy) is 1. The van der Waals surface area contributed by atoms with Crippen molar-refractivity contribution in [3.05, 3.63) is 53.6 Å². The van der Waals surface area contributed by atoms with Gasteiger partial charge in [0.25, 0.3) is 5.91 Å². The maximum absolute atomic E-state index is 12.0. The summed E-state index contributed by atoms with van der Waals surface area (Å²) >= 11 is 1.40. The molecule has 6 nitrogen and oxygen atoms in total. The van der Waals surface area contributed by atoms with Crippen LogP contribution in [0.5, 0.6) is 0 Å². The highest BCUT2D eigenvalue weighted by molar-refractivity contribution is 8.00. The number of anilines is 2. The highest BCUT2D eigenvalue weighted by Crippen LogP contribution is 2.24. The molecule has 3 rings (SSSR count). The van der Waals surface area contributed by atoms with Gasteiger partial charge in [0.1, 0.15) is 0 Å². The topological polar surface area (TPSA) is 75.7 Å². The highest BCUT2D eigenvalue weighted by atomic mass is 32.2. The normalized spacial score (nSPS) is 13.4. The van der Waals surface area contributed by atoms with Crippen LogP contribution in [-0.2, 0) is 19.1 Å². The van der Waals surface area contributed by atoms with Gasteiger partial charge in [0.05, 0.1) is 5.75 Å². The third-order valence-electron chi connectivity index (χ3n) is 4.59. The molecule has 0 saturated carbocycles. The molecule has 1 heterocycles. The zero-order chi connectivity index (χ0) is 20.8. The van der Waals surface area contributed by atoms with E-state index in [2.05, 4.69) is 5.32 Å². The molecule has 29 heavy (non-hydrogen) atoms. The minimum Gasteiger partial charge on any atom is -0.455 e. The Labute approximate surface area is 174 Å². The molecule has 1 fully saturated rings. The molecule has 152 valence electrons. The van der Waals surface area contributed by atoms with Gasteiger partial charge in [-0.25, -0.2) is 0 Å². The number of carbonyl (C=O) groups excluding carboxylic acids is 3. The molecule has 2 aromatic carbocycles. The van der Waals surface area contributed by atoms with Crippen LogP contribution in [0.25, 0.3) is 0 Å². The Balaban J connectivity index is 1.43. The Bertz CT molecular complexity index is 912. The molecule has 7 heteroatoms. The number of benzene rings is 2. The van der Waals surface area contributed by atoms with Gasteiger partial charge in [-0.3, -0.25) is 14.4 Å². The molecule has 0 aliphatic carbocycles. The first-order chi connectivity index (χ1) is 13.9. The van der Waals surface area contributed by atoms with Gasteiger partial charge >= 0.3 is 5.97 Å². The van der Waals surface area contributed by atoms with Crippen LogP contribution in [-0.4, -0.2) is 36.7 Å². The van der Waals surface area contributed by atoms with E-state index in [9.17, 15) is 14.4 Å². The van der Waals surface area contributed by atoms with Gasteiger partial charge in [-0.2, -0.15) is 0 Å². The lowest BCUT2D eigenvalue weighted by molar-refractivity contribution is -0.144. The number of hydrogen-bond acceptors (Lipinski definition) is 5. The fourth-order valence-corrected chi connectivity index (χ4v) is 3.95. The number of thioether (sulfide) groups is 1. The van der Waals surface area contributed by atoms with Crippen LogP contribution in [0.15, 0.2) is 47.4 Å². The number of hydrogen-bond donors (Lipinski definition) is 1. The number of rotatable bonds is 7. The van der Waals surface area contributed by atoms with Gasteiger partial charge in [-0.05, 0) is 56.2 Å². The van der Waals surface area contributed by atoms with Crippen LogP contribution in [0, 0.1) is 13.8 Å². The molecule has 0 radical (unpaired) electrons. The number of esters is 1. The third-order valence-corrected chi connectivity index (χ3v) is 5.72. The average molecular weight is 413 g/mol. The molecular weight excluding hydrogens is 388 g/mol. The Kier molecular flexibility index (Phi) is 6.93. The summed E-state index contributed by atoms with van der Waals surface area (Å²) in [7, 11) is 0. The molecule has 1 saturated heterocycles. The maximum Gasteiger partial charge on any atom is 0.316 e. The van der Waals surface area contributed by atoms with Crippen molar-refractivity contribution >= 4 is 40.9 Å². The Morgan fingerprint density at radius 2 is 1.90 bits per heavy atom. The van der Waals surface area contributed by atoms with Gasteiger partial charge in [0, 0.05) is 29.2 Å². The largest absolute Gasteiger partial charge is 0.455 e. The number of carbonyl (C=O) groups is 3. The van der Waals surface area contributed by atoms with Gasteiger partial charge in [-0.15, -0.1) is 11.8 Å². The minimum atomic E-state index is -0.436. The van der Waals surface area contributed by atoms with E-state index in [4.69, 9.17) is 4.74 Å². The second-order valence-corrected chi connectivity index (χ2v) is 7.98. The third kappa shape index (κ3) is 5.84. The SMILES string of the molecule is Cc1ccc(C)c(SCC(=O)OCC(=O)Nc2ccc(N3CCCC3=O)cc2)c1. The summed E-state index contributed by atoms with van der Waals surface area (Å²) in [6.07, 6.45) is 1.44. The molecule has 2 amide bonds. The number of nitrogens with one attached hydrogen (secondary N) is 1. The fourth-order valence-electron chi connectivity index (χ4n) is 3.03. The van der Waals surface area contributed by atoms with E-state index in [0.29, 0.717) is 12.1 Å². The van der Waals surface area contributed by atoms with Gasteiger partial charge < -0.3 is 15.0 Å². The van der Waals surface area contributed by atoms with E-state index < -0.39 is 11.9 Å². The lowest BCUT2D eigenvalue weighted by Crippen LogP contribution is -2.24. The lowest BCUT2D eigenvalue weighted by Gasteiger charge is -2.16. The predicted molar refractivity (Wildman–Crippen MR) is 114 cm³/mol. The van der Waals surface area contributed by atoms with Gasteiger partial charge in [0.2, 0.25) is 5.91 Å². The number of nitrogens with zero attached hydrogens (tertiary/aromatic N) is 1. The van der Waals surface area contributed by atoms with E-state index in [1.807, 2.05) is 32.0 Å². The molecule has 1 aliphatic rings. The van der Waals surface area contributed by atoms with Crippen LogP contribution in [0.2, 0.25) is 0 Å². The van der Waals surface area contributed by atoms with Gasteiger partial charge in [0.15, 0.2) is 6.61 Å². The van der Waals surface area contributed by atoms with Crippen LogP contribution in [0.3, 0.4) is 0 Å². The van der Waals surface area contributed by atoms with Crippen molar-refractivity contribution in [1.82, 2.24) is 0 Å². The Morgan fingerprint density at radius 3 is 2.59 bits per heavy atom. The molecular formula is C22H24N2O4S. The van der Waals surface area contributed by atoms with E-state index in [0.717, 1.165) is 34.7 Å². The summed E-state index contributed by atoms with van der Waals surface area (Å²) in [4.78, 5) is 38.5. The van der Waals surface area contributed by atoms with Crippen LogP contribution in [0.1, 0.15) is 24.0 Å². The van der Waals surface area contributed by atoms with Crippen LogP contribution < -0.4 is 10.2 Å². The fraction of sp³-hybridized carbons (Fsp3) is 0.318. The van der Waals surface area contributed by atoms with Crippen molar-refractivity contribution in [1.29, 1.82) is 0 Å². The summed E-state index contributed by atoms with van der Waals surface area (Å²) in [6, 6.07) is 13.1. The molecule has 0 spiro atoms. The molecule has 2 aromatic rings. The van der Waals surface area contributed by atoms with Crippen LogP contribution >= 0.6 is 11.8 Å². The number of aryl methyl sites for hydroxylation is 2. The maximum atomic E-state index is 12.0. The van der Waals surface area contributed by atoms with Crippen molar-refractivity contribution < 1.29 is 19.1 Å². The summed E-state index contributed by atoms with van der Waals surface area (Å²) in [6.45, 7) is 4.38. The number of amides is 2. The Morgan fingerprint density at radius 1 is 1.14 bits per heavy atom.